The minimum absolute atomic E-state index is 0. The molecule has 0 aromatic heterocycles. The van der Waals surface area contributed by atoms with Gasteiger partial charge in [-0.15, -0.1) is 24.8 Å². The van der Waals surface area contributed by atoms with Gasteiger partial charge in [-0.25, -0.2) is 8.42 Å². The van der Waals surface area contributed by atoms with Crippen LogP contribution >= 0.6 is 24.8 Å². The van der Waals surface area contributed by atoms with Crippen LogP contribution in [-0.2, 0) is 10.0 Å². The molecular weight excluding hydrogens is 433 g/mol. The first-order chi connectivity index (χ1) is 12.8. The topological polar surface area (TPSA) is 84.7 Å². The summed E-state index contributed by atoms with van der Waals surface area (Å²) in [6.45, 7) is 5.54. The molecule has 0 saturated carbocycles. The molecule has 9 heteroatoms. The monoisotopic (exact) mass is 467 g/mol. The van der Waals surface area contributed by atoms with E-state index in [-0.39, 0.29) is 36.5 Å². The highest BCUT2D eigenvalue weighted by molar-refractivity contribution is 7.92. The van der Waals surface area contributed by atoms with Crippen LogP contribution in [0, 0.1) is 0 Å². The molecule has 1 aromatic rings. The second-order valence-electron chi connectivity index (χ2n) is 8.12. The third-order valence-electron chi connectivity index (χ3n) is 5.73. The minimum atomic E-state index is -3.30. The van der Waals surface area contributed by atoms with Crippen molar-refractivity contribution in [2.45, 2.75) is 63.5 Å². The first kappa shape index (κ1) is 26.3. The van der Waals surface area contributed by atoms with Gasteiger partial charge in [-0.05, 0) is 44.0 Å². The van der Waals surface area contributed by atoms with Gasteiger partial charge in [-0.1, -0.05) is 26.2 Å². The van der Waals surface area contributed by atoms with E-state index in [0.717, 1.165) is 49.9 Å². The second-order valence-corrected chi connectivity index (χ2v) is 9.87. The number of hydrogen-bond acceptors (Lipinski definition) is 5. The Bertz CT molecular complexity index is 753. The van der Waals surface area contributed by atoms with Crippen molar-refractivity contribution in [1.82, 2.24) is 4.90 Å². The summed E-state index contributed by atoms with van der Waals surface area (Å²) in [5, 5.41) is 0. The Morgan fingerprint density at radius 1 is 1.21 bits per heavy atom. The van der Waals surface area contributed by atoms with Crippen molar-refractivity contribution < 1.29 is 13.2 Å². The van der Waals surface area contributed by atoms with E-state index < -0.39 is 10.0 Å². The summed E-state index contributed by atoms with van der Waals surface area (Å²) < 4.78 is 31.8. The van der Waals surface area contributed by atoms with Gasteiger partial charge < -0.3 is 15.4 Å². The van der Waals surface area contributed by atoms with E-state index in [2.05, 4.69) is 16.5 Å². The number of nitrogens with one attached hydrogen (secondary N) is 1. The molecule has 3 rings (SSSR count). The highest BCUT2D eigenvalue weighted by Crippen LogP contribution is 2.44. The van der Waals surface area contributed by atoms with Gasteiger partial charge in [-0.2, -0.15) is 0 Å². The molecule has 3 N–H and O–H groups in total. The quantitative estimate of drug-likeness (QED) is 0.589. The number of fused-ring (bicyclic) bond motifs is 1. The standard InChI is InChI=1S/C20H33N3O3S.2ClH/c1-3-4-5-6-11-23-12-9-20(10-13-23)15-18(21)17-14-16(22-27(2,24)25)7-8-19(17)26-20;;/h7-8,14,18,22H,3-6,9-13,15,21H2,1-2H3;2*1H. The maximum absolute atomic E-state index is 11.5. The number of piperidine rings is 1. The van der Waals surface area contributed by atoms with Crippen LogP contribution in [0.3, 0.4) is 0 Å². The van der Waals surface area contributed by atoms with Gasteiger partial charge >= 0.3 is 0 Å². The molecule has 1 saturated heterocycles. The molecule has 29 heavy (non-hydrogen) atoms. The Morgan fingerprint density at radius 3 is 2.52 bits per heavy atom. The molecule has 2 heterocycles. The molecule has 2 aliphatic rings. The predicted molar refractivity (Wildman–Crippen MR) is 124 cm³/mol. The number of sulfonamides is 1. The Kier molecular flexibility index (Phi) is 10.0. The SMILES string of the molecule is CCCCCCN1CCC2(CC1)CC(N)c1cc(NS(C)(=O)=O)ccc1O2.Cl.Cl. The lowest BCUT2D eigenvalue weighted by molar-refractivity contribution is -0.0218. The fraction of sp³-hybridized carbons (Fsp3) is 0.700. The molecule has 0 aliphatic carbocycles. The van der Waals surface area contributed by atoms with Crippen molar-refractivity contribution in [3.8, 4) is 5.75 Å². The highest BCUT2D eigenvalue weighted by atomic mass is 35.5. The van der Waals surface area contributed by atoms with Crippen molar-refractivity contribution in [1.29, 1.82) is 0 Å². The van der Waals surface area contributed by atoms with Crippen molar-refractivity contribution in [2.24, 2.45) is 5.73 Å². The molecule has 1 unspecified atom stereocenters. The fourth-order valence-electron chi connectivity index (χ4n) is 4.25. The second kappa shape index (κ2) is 11.0. The Balaban J connectivity index is 0.00000210. The number of likely N-dealkylation sites (tertiary alicyclic amines) is 1. The van der Waals surface area contributed by atoms with Gasteiger partial charge in [-0.3, -0.25) is 4.72 Å². The van der Waals surface area contributed by atoms with Gasteiger partial charge in [0.25, 0.3) is 0 Å². The van der Waals surface area contributed by atoms with E-state index in [1.807, 2.05) is 6.07 Å². The smallest absolute Gasteiger partial charge is 0.229 e. The maximum Gasteiger partial charge on any atom is 0.229 e. The third-order valence-corrected chi connectivity index (χ3v) is 6.33. The van der Waals surface area contributed by atoms with Crippen LogP contribution in [0.4, 0.5) is 5.69 Å². The number of anilines is 1. The van der Waals surface area contributed by atoms with Gasteiger partial charge in [0.15, 0.2) is 0 Å². The molecule has 6 nitrogen and oxygen atoms in total. The zero-order valence-electron chi connectivity index (χ0n) is 17.4. The summed E-state index contributed by atoms with van der Waals surface area (Å²) in [4.78, 5) is 2.55. The summed E-state index contributed by atoms with van der Waals surface area (Å²) in [5.74, 6) is 0.796. The molecule has 0 radical (unpaired) electrons. The van der Waals surface area contributed by atoms with Gasteiger partial charge in [0.1, 0.15) is 11.4 Å². The summed E-state index contributed by atoms with van der Waals surface area (Å²) >= 11 is 0. The zero-order valence-corrected chi connectivity index (χ0v) is 19.8. The number of benzene rings is 1. The predicted octanol–water partition coefficient (Wildman–Crippen LogP) is 4.10. The van der Waals surface area contributed by atoms with Gasteiger partial charge in [0.2, 0.25) is 10.0 Å². The van der Waals surface area contributed by atoms with Crippen molar-refractivity contribution in [3.05, 3.63) is 23.8 Å². The first-order valence-corrected chi connectivity index (χ1v) is 12.0. The Hall–Kier alpha value is -0.730. The normalized spacial score (nSPS) is 20.7. The van der Waals surface area contributed by atoms with E-state index in [9.17, 15) is 8.42 Å². The van der Waals surface area contributed by atoms with E-state index in [0.29, 0.717) is 5.69 Å². The molecule has 1 aromatic carbocycles. The van der Waals surface area contributed by atoms with Crippen LogP contribution in [0.25, 0.3) is 0 Å². The number of nitrogens with zero attached hydrogens (tertiary/aromatic N) is 1. The average Bonchev–Trinajstić information content (AvgIpc) is 2.60. The third kappa shape index (κ3) is 7.17. The van der Waals surface area contributed by atoms with Crippen LogP contribution in [0.2, 0.25) is 0 Å². The number of hydrogen-bond donors (Lipinski definition) is 2. The van der Waals surface area contributed by atoms with E-state index in [1.54, 1.807) is 12.1 Å². The van der Waals surface area contributed by atoms with E-state index in [1.165, 1.54) is 32.2 Å². The van der Waals surface area contributed by atoms with Crippen molar-refractivity contribution in [2.75, 3.05) is 30.6 Å². The highest BCUT2D eigenvalue weighted by Gasteiger charge is 2.42. The summed E-state index contributed by atoms with van der Waals surface area (Å²) in [6, 6.07) is 5.26. The van der Waals surface area contributed by atoms with E-state index >= 15 is 0 Å². The fourth-order valence-corrected chi connectivity index (χ4v) is 4.80. The zero-order chi connectivity index (χ0) is 19.5. The van der Waals surface area contributed by atoms with Gasteiger partial charge in [0.05, 0.1) is 6.26 Å². The Labute approximate surface area is 187 Å². The maximum atomic E-state index is 11.5. The summed E-state index contributed by atoms with van der Waals surface area (Å²) in [6.07, 6.45) is 9.11. The lowest BCUT2D eigenvalue weighted by Gasteiger charge is -2.46. The molecule has 2 aliphatic heterocycles. The minimum Gasteiger partial charge on any atom is -0.487 e. The van der Waals surface area contributed by atoms with Crippen molar-refractivity contribution >= 4 is 40.5 Å². The molecule has 168 valence electrons. The lowest BCUT2D eigenvalue weighted by Crippen LogP contribution is -2.51. The number of unbranched alkanes of at least 4 members (excludes halogenated alkanes) is 3. The number of rotatable bonds is 7. The van der Waals surface area contributed by atoms with Crippen LogP contribution in [0.15, 0.2) is 18.2 Å². The molecule has 1 atom stereocenters. The molecule has 1 spiro atoms. The largest absolute Gasteiger partial charge is 0.487 e. The molecule has 0 amide bonds. The number of ether oxygens (including phenoxy) is 1. The summed E-state index contributed by atoms with van der Waals surface area (Å²) in [5.41, 5.74) is 7.70. The van der Waals surface area contributed by atoms with Crippen molar-refractivity contribution in [3.63, 3.8) is 0 Å². The first-order valence-electron chi connectivity index (χ1n) is 10.1. The molecule has 1 fully saturated rings. The lowest BCUT2D eigenvalue weighted by atomic mass is 9.81. The van der Waals surface area contributed by atoms with Crippen LogP contribution in [0.5, 0.6) is 5.75 Å². The van der Waals surface area contributed by atoms with Crippen LogP contribution < -0.4 is 15.2 Å². The number of nitrogens with two attached hydrogens (primary N) is 1. The van der Waals surface area contributed by atoms with Crippen LogP contribution in [0.1, 0.15) is 63.5 Å². The average molecular weight is 468 g/mol. The van der Waals surface area contributed by atoms with Gasteiger partial charge in [0, 0.05) is 36.8 Å². The van der Waals surface area contributed by atoms with Crippen LogP contribution in [-0.4, -0.2) is 44.8 Å². The Morgan fingerprint density at radius 2 is 1.90 bits per heavy atom. The number of halogens is 2. The molecule has 0 bridgehead atoms. The molecular formula is C20H35Cl2N3O3S. The summed E-state index contributed by atoms with van der Waals surface area (Å²) in [7, 11) is -3.30. The van der Waals surface area contributed by atoms with E-state index in [4.69, 9.17) is 10.5 Å².